The van der Waals surface area contributed by atoms with E-state index in [-0.39, 0.29) is 37.9 Å². The predicted molar refractivity (Wildman–Crippen MR) is 227 cm³/mol. The molecule has 3 saturated heterocycles. The highest BCUT2D eigenvalue weighted by atomic mass is 19.1. The van der Waals surface area contributed by atoms with Crippen LogP contribution in [0.2, 0.25) is 0 Å². The van der Waals surface area contributed by atoms with Crippen molar-refractivity contribution in [3.8, 4) is 0 Å². The Labute approximate surface area is 376 Å². The Bertz CT molecular complexity index is 1970. The first-order valence-corrected chi connectivity index (χ1v) is 21.8. The monoisotopic (exact) mass is 917 g/mol. The van der Waals surface area contributed by atoms with Crippen molar-refractivity contribution < 1.29 is 66.1 Å². The van der Waals surface area contributed by atoms with Crippen LogP contribution in [-0.2, 0) is 59.0 Å². The zero-order chi connectivity index (χ0) is 48.2. The molecule has 19 nitrogen and oxygen atoms in total. The fourth-order valence-electron chi connectivity index (χ4n) is 7.57. The number of carbonyl (C=O) groups excluding carboxylic acids is 9. The third-order valence-corrected chi connectivity index (χ3v) is 10.9. The summed E-state index contributed by atoms with van der Waals surface area (Å²) in [6, 6.07) is -5.80. The van der Waals surface area contributed by atoms with Crippen LogP contribution >= 0.6 is 0 Å². The Morgan fingerprint density at radius 3 is 2.23 bits per heavy atom. The number of ether oxygens (including phenoxy) is 3. The molecule has 0 aliphatic carbocycles. The lowest BCUT2D eigenvalue weighted by molar-refractivity contribution is -0.158. The first-order chi connectivity index (χ1) is 30.6. The van der Waals surface area contributed by atoms with Crippen molar-refractivity contribution in [2.75, 3.05) is 46.9 Å². The Kier molecular flexibility index (Phi) is 18.3. The van der Waals surface area contributed by atoms with Crippen molar-refractivity contribution in [3.05, 3.63) is 47.5 Å². The lowest BCUT2D eigenvalue weighted by Gasteiger charge is -2.35. The SMILES string of the molecule is CCCCC=CC(=O)N[C@@H](Cc1cc(F)cc(F)c1)C(=O)N[C@H]1COC(=O)[C@@H]2CCCN2C(=O)[C@H](C)NC(=O)[C@H](COC(=O)CN(C)C(=O)OC(C)(C)C)N(C)C(=O)[C@@H]2CCCN2C1=O. The minimum atomic E-state index is -1.69. The topological polar surface area (TPSA) is 230 Å². The van der Waals surface area contributed by atoms with Gasteiger partial charge in [-0.2, -0.15) is 0 Å². The highest BCUT2D eigenvalue weighted by molar-refractivity contribution is 5.98. The van der Waals surface area contributed by atoms with Gasteiger partial charge in [-0.1, -0.05) is 25.8 Å². The van der Waals surface area contributed by atoms with Crippen LogP contribution in [0.5, 0.6) is 0 Å². The van der Waals surface area contributed by atoms with Crippen molar-refractivity contribution in [2.45, 2.75) is 128 Å². The lowest BCUT2D eigenvalue weighted by Crippen LogP contribution is -2.61. The van der Waals surface area contributed by atoms with Gasteiger partial charge in [-0.15, -0.1) is 0 Å². The van der Waals surface area contributed by atoms with Gasteiger partial charge in [0.2, 0.25) is 35.4 Å². The third-order valence-electron chi connectivity index (χ3n) is 10.9. The molecule has 0 spiro atoms. The fourth-order valence-corrected chi connectivity index (χ4v) is 7.57. The lowest BCUT2D eigenvalue weighted by atomic mass is 10.0. The summed E-state index contributed by atoms with van der Waals surface area (Å²) in [6.07, 6.45) is 4.71. The molecule has 0 aromatic heterocycles. The molecule has 65 heavy (non-hydrogen) atoms. The van der Waals surface area contributed by atoms with Crippen LogP contribution in [0.3, 0.4) is 0 Å². The summed E-state index contributed by atoms with van der Waals surface area (Å²) in [6.45, 7) is 6.27. The van der Waals surface area contributed by atoms with Gasteiger partial charge in [0, 0.05) is 39.7 Å². The molecule has 0 bridgehead atoms. The van der Waals surface area contributed by atoms with E-state index in [1.807, 2.05) is 6.92 Å². The molecule has 21 heteroatoms. The summed E-state index contributed by atoms with van der Waals surface area (Å²) in [5, 5.41) is 7.60. The smallest absolute Gasteiger partial charge is 0.410 e. The number of halogens is 2. The average Bonchev–Trinajstić information content (AvgIpc) is 3.92. The molecule has 7 amide bonds. The number of nitrogens with one attached hydrogen (secondary N) is 3. The second kappa shape index (κ2) is 23.2. The van der Waals surface area contributed by atoms with E-state index >= 15 is 0 Å². The quantitative estimate of drug-likeness (QED) is 0.111. The van der Waals surface area contributed by atoms with Gasteiger partial charge in [-0.3, -0.25) is 33.6 Å². The molecule has 1 aromatic rings. The summed E-state index contributed by atoms with van der Waals surface area (Å²) in [7, 11) is 2.55. The molecule has 6 atom stereocenters. The van der Waals surface area contributed by atoms with Gasteiger partial charge in [-0.25, -0.2) is 18.4 Å². The largest absolute Gasteiger partial charge is 0.462 e. The number of fused-ring (bicyclic) bond motifs is 2. The van der Waals surface area contributed by atoms with Crippen LogP contribution in [0.25, 0.3) is 0 Å². The number of unbranched alkanes of at least 4 members (excludes halogenated alkanes) is 2. The van der Waals surface area contributed by atoms with Crippen molar-refractivity contribution in [1.29, 1.82) is 0 Å². The van der Waals surface area contributed by atoms with Gasteiger partial charge in [0.25, 0.3) is 0 Å². The molecule has 0 unspecified atom stereocenters. The van der Waals surface area contributed by atoms with Crippen molar-refractivity contribution in [2.24, 2.45) is 0 Å². The fraction of sp³-hybridized carbons (Fsp3) is 0.614. The zero-order valence-corrected chi connectivity index (χ0v) is 38.0. The first kappa shape index (κ1) is 51.5. The van der Waals surface area contributed by atoms with E-state index in [9.17, 15) is 51.9 Å². The molecule has 1 aromatic carbocycles. The molecule has 4 rings (SSSR count). The molecular weight excluding hydrogens is 857 g/mol. The van der Waals surface area contributed by atoms with Gasteiger partial charge in [0.1, 0.15) is 73.2 Å². The van der Waals surface area contributed by atoms with Gasteiger partial charge in [-0.05, 0) is 83.6 Å². The van der Waals surface area contributed by atoms with Crippen LogP contribution in [0.4, 0.5) is 13.6 Å². The van der Waals surface area contributed by atoms with Crippen LogP contribution in [0, 0.1) is 11.6 Å². The Morgan fingerprint density at radius 2 is 1.60 bits per heavy atom. The minimum Gasteiger partial charge on any atom is -0.462 e. The van der Waals surface area contributed by atoms with Crippen LogP contribution in [0.15, 0.2) is 30.4 Å². The van der Waals surface area contributed by atoms with Crippen LogP contribution in [0.1, 0.15) is 85.1 Å². The van der Waals surface area contributed by atoms with E-state index in [0.717, 1.165) is 39.7 Å². The standard InChI is InChI=1S/C44H61F2N7O12/c1-8-9-10-11-16-35(54)48-30(21-27-19-28(45)22-29(46)20-27)37(56)49-31-24-64-42(61)33-15-13-18-53(33)39(58)26(2)47-38(57)34(51(7)41(60)32-14-12-17-52(32)40(31)59)25-63-36(55)23-50(6)43(62)65-44(3,4)5/h11,16,19-20,22,26,30-34H,8-10,12-15,17-18,21,23-25H2,1-7H3,(H,47,57)(H,48,54)(H,49,56)/t26-,30-,31-,32-,33-,34-/m0/s1. The average molecular weight is 918 g/mol. The number of cyclic esters (lactones) is 1. The predicted octanol–water partition coefficient (Wildman–Crippen LogP) is 1.50. The normalized spacial score (nSPS) is 22.8. The molecule has 3 heterocycles. The maximum Gasteiger partial charge on any atom is 0.410 e. The molecule has 0 saturated carbocycles. The minimum absolute atomic E-state index is 0.00134. The number of hydrogen-bond acceptors (Lipinski definition) is 12. The summed E-state index contributed by atoms with van der Waals surface area (Å²) >= 11 is 0. The molecule has 3 fully saturated rings. The maximum atomic E-state index is 14.5. The van der Waals surface area contributed by atoms with Crippen LogP contribution < -0.4 is 16.0 Å². The van der Waals surface area contributed by atoms with Crippen molar-refractivity contribution in [3.63, 3.8) is 0 Å². The van der Waals surface area contributed by atoms with Gasteiger partial charge >= 0.3 is 18.0 Å². The van der Waals surface area contributed by atoms with Gasteiger partial charge < -0.3 is 49.8 Å². The molecule has 3 N–H and O–H groups in total. The second-order valence-corrected chi connectivity index (χ2v) is 17.4. The molecule has 358 valence electrons. The van der Waals surface area contributed by atoms with Crippen molar-refractivity contribution >= 4 is 53.5 Å². The summed E-state index contributed by atoms with van der Waals surface area (Å²) in [4.78, 5) is 127. The van der Waals surface area contributed by atoms with Crippen LogP contribution in [-0.4, -0.2) is 162 Å². The number of esters is 2. The molecular formula is C44H61F2N7O12. The number of nitrogens with zero attached hydrogens (tertiary/aromatic N) is 4. The molecule has 3 aliphatic heterocycles. The summed E-state index contributed by atoms with van der Waals surface area (Å²) < 4.78 is 44.8. The van der Waals surface area contributed by atoms with E-state index in [1.54, 1.807) is 26.8 Å². The van der Waals surface area contributed by atoms with E-state index in [2.05, 4.69) is 16.0 Å². The number of benzene rings is 1. The Hall–Kier alpha value is -6.15. The first-order valence-electron chi connectivity index (χ1n) is 21.8. The number of amides is 7. The highest BCUT2D eigenvalue weighted by Crippen LogP contribution is 2.24. The van der Waals surface area contributed by atoms with E-state index in [0.29, 0.717) is 18.9 Å². The highest BCUT2D eigenvalue weighted by Gasteiger charge is 2.44. The Morgan fingerprint density at radius 1 is 0.969 bits per heavy atom. The number of rotatable bonds is 13. The van der Waals surface area contributed by atoms with E-state index in [1.165, 1.54) is 32.0 Å². The van der Waals surface area contributed by atoms with Gasteiger partial charge in [0.15, 0.2) is 0 Å². The van der Waals surface area contributed by atoms with Crippen molar-refractivity contribution in [1.82, 2.24) is 35.6 Å². The number of likely N-dealkylation sites (N-methyl/N-ethyl adjacent to an activating group) is 2. The zero-order valence-electron chi connectivity index (χ0n) is 38.0. The van der Waals surface area contributed by atoms with Gasteiger partial charge in [0.05, 0.1) is 0 Å². The summed E-state index contributed by atoms with van der Waals surface area (Å²) in [5.41, 5.74) is -0.858. The maximum absolute atomic E-state index is 14.5. The number of carbonyl (C=O) groups is 9. The summed E-state index contributed by atoms with van der Waals surface area (Å²) in [5.74, 6) is -8.68. The van der Waals surface area contributed by atoms with E-state index < -0.39 is 133 Å². The Balaban J connectivity index is 1.67. The number of hydrogen-bond donors (Lipinski definition) is 3. The molecule has 0 radical (unpaired) electrons. The van der Waals surface area contributed by atoms with E-state index in [4.69, 9.17) is 14.2 Å². The molecule has 3 aliphatic rings. The third kappa shape index (κ3) is 14.7. The second-order valence-electron chi connectivity index (χ2n) is 17.4. The number of allylic oxidation sites excluding steroid dienone is 1.